The minimum absolute atomic E-state index is 0.0108. The molecule has 0 saturated heterocycles. The number of carbonyl (C=O) groups excluding carboxylic acids is 1. The molecule has 0 saturated carbocycles. The van der Waals surface area contributed by atoms with E-state index in [1.165, 1.54) is 12.1 Å². The summed E-state index contributed by atoms with van der Waals surface area (Å²) in [5.74, 6) is 1.38. The van der Waals surface area contributed by atoms with Crippen molar-refractivity contribution in [2.24, 2.45) is 12.2 Å². The fourth-order valence-electron chi connectivity index (χ4n) is 3.45. The van der Waals surface area contributed by atoms with Gasteiger partial charge in [-0.15, -0.1) is 0 Å². The van der Waals surface area contributed by atoms with E-state index < -0.39 is 16.1 Å². The summed E-state index contributed by atoms with van der Waals surface area (Å²) in [7, 11) is -0.270. The number of aromatic nitrogens is 4. The van der Waals surface area contributed by atoms with Crippen LogP contribution in [-0.4, -0.2) is 47.2 Å². The maximum absolute atomic E-state index is 12.9. The second-order valence-corrected chi connectivity index (χ2v) is 8.70. The molecule has 0 bridgehead atoms. The maximum atomic E-state index is 12.9. The molecule has 162 valence electrons. The minimum atomic E-state index is -3.77. The average molecular weight is 443 g/mol. The van der Waals surface area contributed by atoms with Gasteiger partial charge in [0.2, 0.25) is 21.9 Å². The molecule has 3 heterocycles. The third-order valence-electron chi connectivity index (χ3n) is 5.04. The number of nitrogens with two attached hydrogens (primary N) is 1. The molecule has 3 aromatic rings. The van der Waals surface area contributed by atoms with Gasteiger partial charge in [-0.1, -0.05) is 6.92 Å². The van der Waals surface area contributed by atoms with E-state index in [2.05, 4.69) is 20.4 Å². The zero-order valence-corrected chi connectivity index (χ0v) is 18.0. The number of benzene rings is 1. The molecule has 3 N–H and O–H groups in total. The van der Waals surface area contributed by atoms with Gasteiger partial charge < -0.3 is 10.2 Å². The first kappa shape index (κ1) is 20.8. The van der Waals surface area contributed by atoms with Gasteiger partial charge in [-0.25, -0.2) is 18.5 Å². The van der Waals surface area contributed by atoms with Crippen LogP contribution in [0.4, 0.5) is 29.0 Å². The number of sulfonamides is 1. The Balaban J connectivity index is 1.74. The highest BCUT2D eigenvalue weighted by Crippen LogP contribution is 2.39. The molecule has 0 radical (unpaired) electrons. The summed E-state index contributed by atoms with van der Waals surface area (Å²) >= 11 is 0. The van der Waals surface area contributed by atoms with Crippen LogP contribution in [0.25, 0.3) is 0 Å². The molecule has 4 rings (SSSR count). The fraction of sp³-hybridized carbons (Fsp3) is 0.263. The van der Waals surface area contributed by atoms with Gasteiger partial charge in [0.15, 0.2) is 11.6 Å². The maximum Gasteiger partial charge on any atom is 0.250 e. The molecule has 31 heavy (non-hydrogen) atoms. The Morgan fingerprint density at radius 1 is 1.16 bits per heavy atom. The summed E-state index contributed by atoms with van der Waals surface area (Å²) < 4.78 is 24.5. The first-order valence-electron chi connectivity index (χ1n) is 9.52. The number of nitrogens with zero attached hydrogens (tertiary/aromatic N) is 6. The standard InChI is InChI=1S/C19H22N8O3S/c1-4-14-18(28)26(3)15-11-21-19(22-12-5-7-13(8-6-12)31(20,29)30)23-17(15)27(14)16-9-10-25(2)24-16/h5-11,14H,4H2,1-3H3,(H2,20,29,30)(H,21,22,23). The fourth-order valence-corrected chi connectivity index (χ4v) is 3.97. The number of carbonyl (C=O) groups is 1. The molecule has 1 amide bonds. The summed E-state index contributed by atoms with van der Waals surface area (Å²) in [6, 6.07) is 7.31. The molecule has 0 spiro atoms. The quantitative estimate of drug-likeness (QED) is 0.606. The van der Waals surface area contributed by atoms with Gasteiger partial charge in [0.25, 0.3) is 0 Å². The molecule has 1 atom stereocenters. The lowest BCUT2D eigenvalue weighted by atomic mass is 10.1. The van der Waals surface area contributed by atoms with E-state index in [1.807, 2.05) is 17.9 Å². The average Bonchev–Trinajstić information content (AvgIpc) is 3.16. The highest BCUT2D eigenvalue weighted by Gasteiger charge is 2.39. The van der Waals surface area contributed by atoms with Gasteiger partial charge in [-0.05, 0) is 30.7 Å². The van der Waals surface area contributed by atoms with E-state index in [-0.39, 0.29) is 10.8 Å². The van der Waals surface area contributed by atoms with Gasteiger partial charge in [0.05, 0.1) is 11.1 Å². The number of primary sulfonamides is 1. The summed E-state index contributed by atoms with van der Waals surface area (Å²) in [5, 5.41) is 12.7. The Morgan fingerprint density at radius 2 is 1.87 bits per heavy atom. The third kappa shape index (κ3) is 3.82. The molecule has 1 aromatic carbocycles. The van der Waals surface area contributed by atoms with Crippen molar-refractivity contribution in [3.63, 3.8) is 0 Å². The first-order valence-corrected chi connectivity index (χ1v) is 11.1. The predicted molar refractivity (Wildman–Crippen MR) is 116 cm³/mol. The van der Waals surface area contributed by atoms with E-state index in [0.717, 1.165) is 0 Å². The van der Waals surface area contributed by atoms with Crippen molar-refractivity contribution in [3.05, 3.63) is 42.7 Å². The first-order chi connectivity index (χ1) is 14.7. The van der Waals surface area contributed by atoms with Crippen molar-refractivity contribution in [1.29, 1.82) is 0 Å². The van der Waals surface area contributed by atoms with Crippen LogP contribution >= 0.6 is 0 Å². The summed E-state index contributed by atoms with van der Waals surface area (Å²) in [6.07, 6.45) is 3.95. The molecule has 1 aliphatic heterocycles. The normalized spacial score (nSPS) is 16.4. The van der Waals surface area contributed by atoms with Crippen LogP contribution in [0.5, 0.6) is 0 Å². The van der Waals surface area contributed by atoms with Gasteiger partial charge in [-0.3, -0.25) is 14.4 Å². The number of nitrogens with one attached hydrogen (secondary N) is 1. The SMILES string of the molecule is CCC1C(=O)N(C)c2cnc(Nc3ccc(S(N)(=O)=O)cc3)nc2N1c1ccn(C)n1. The molecule has 11 nitrogen and oxygen atoms in total. The van der Waals surface area contributed by atoms with Gasteiger partial charge in [-0.2, -0.15) is 10.1 Å². The van der Waals surface area contributed by atoms with Crippen LogP contribution in [0.3, 0.4) is 0 Å². The molecular formula is C19H22N8O3S. The van der Waals surface area contributed by atoms with E-state index >= 15 is 0 Å². The smallest absolute Gasteiger partial charge is 0.250 e. The molecular weight excluding hydrogens is 420 g/mol. The second-order valence-electron chi connectivity index (χ2n) is 7.14. The Hall–Kier alpha value is -3.51. The Labute approximate surface area is 179 Å². The summed E-state index contributed by atoms with van der Waals surface area (Å²) in [4.78, 5) is 25.3. The number of rotatable bonds is 5. The zero-order valence-electron chi connectivity index (χ0n) is 17.2. The summed E-state index contributed by atoms with van der Waals surface area (Å²) in [5.41, 5.74) is 1.15. The van der Waals surface area contributed by atoms with Crippen molar-refractivity contribution < 1.29 is 13.2 Å². The van der Waals surface area contributed by atoms with Crippen LogP contribution in [-0.2, 0) is 21.9 Å². The van der Waals surface area contributed by atoms with Crippen LogP contribution in [0.1, 0.15) is 13.3 Å². The van der Waals surface area contributed by atoms with Crippen molar-refractivity contribution >= 4 is 44.9 Å². The number of aryl methyl sites for hydroxylation is 1. The highest BCUT2D eigenvalue weighted by atomic mass is 32.2. The number of anilines is 5. The Bertz CT molecular complexity index is 1240. The number of fused-ring (bicyclic) bond motifs is 1. The van der Waals surface area contributed by atoms with Crippen molar-refractivity contribution in [3.8, 4) is 0 Å². The number of likely N-dealkylation sites (N-methyl/N-ethyl adjacent to an activating group) is 1. The number of amides is 1. The minimum Gasteiger partial charge on any atom is -0.324 e. The van der Waals surface area contributed by atoms with E-state index in [0.29, 0.717) is 35.4 Å². The lowest BCUT2D eigenvalue weighted by Gasteiger charge is -2.39. The third-order valence-corrected chi connectivity index (χ3v) is 5.97. The Kier molecular flexibility index (Phi) is 5.11. The Morgan fingerprint density at radius 3 is 2.45 bits per heavy atom. The molecule has 1 aliphatic rings. The molecule has 12 heteroatoms. The molecule has 0 aliphatic carbocycles. The van der Waals surface area contributed by atoms with Crippen LogP contribution in [0.15, 0.2) is 47.6 Å². The van der Waals surface area contributed by atoms with Crippen molar-refractivity contribution in [2.45, 2.75) is 24.3 Å². The van der Waals surface area contributed by atoms with E-state index in [4.69, 9.17) is 5.14 Å². The largest absolute Gasteiger partial charge is 0.324 e. The van der Waals surface area contributed by atoms with Crippen LogP contribution in [0, 0.1) is 0 Å². The van der Waals surface area contributed by atoms with E-state index in [1.54, 1.807) is 48.2 Å². The monoisotopic (exact) mass is 442 g/mol. The topological polar surface area (TPSA) is 139 Å². The van der Waals surface area contributed by atoms with Crippen LogP contribution in [0.2, 0.25) is 0 Å². The lowest BCUT2D eigenvalue weighted by Crippen LogP contribution is -2.50. The van der Waals surface area contributed by atoms with Crippen LogP contribution < -0.4 is 20.3 Å². The molecule has 2 aromatic heterocycles. The second kappa shape index (κ2) is 7.63. The van der Waals surface area contributed by atoms with Crippen molar-refractivity contribution in [2.75, 3.05) is 22.2 Å². The van der Waals surface area contributed by atoms with E-state index in [9.17, 15) is 13.2 Å². The number of hydrogen-bond donors (Lipinski definition) is 2. The van der Waals surface area contributed by atoms with Gasteiger partial charge >= 0.3 is 0 Å². The molecule has 0 fully saturated rings. The van der Waals surface area contributed by atoms with Crippen molar-refractivity contribution in [1.82, 2.24) is 19.7 Å². The van der Waals surface area contributed by atoms with Gasteiger partial charge in [0.1, 0.15) is 11.7 Å². The van der Waals surface area contributed by atoms with Gasteiger partial charge in [0, 0.05) is 32.0 Å². The molecule has 1 unspecified atom stereocenters. The zero-order chi connectivity index (χ0) is 22.3. The predicted octanol–water partition coefficient (Wildman–Crippen LogP) is 1.49. The lowest BCUT2D eigenvalue weighted by molar-refractivity contribution is -0.119. The summed E-state index contributed by atoms with van der Waals surface area (Å²) in [6.45, 7) is 1.94. The highest BCUT2D eigenvalue weighted by molar-refractivity contribution is 7.89. The number of hydrogen-bond acceptors (Lipinski definition) is 8.